The summed E-state index contributed by atoms with van der Waals surface area (Å²) in [6.07, 6.45) is 2.67. The van der Waals surface area contributed by atoms with Crippen molar-refractivity contribution in [2.24, 2.45) is 0 Å². The van der Waals surface area contributed by atoms with Gasteiger partial charge in [-0.15, -0.1) is 0 Å². The van der Waals surface area contributed by atoms with Crippen molar-refractivity contribution in [3.8, 4) is 0 Å². The Hall–Kier alpha value is -0.940. The first kappa shape index (κ1) is 15.1. The molecule has 0 spiro atoms. The first-order valence-electron chi connectivity index (χ1n) is 6.06. The zero-order valence-corrected chi connectivity index (χ0v) is 11.6. The van der Waals surface area contributed by atoms with Crippen molar-refractivity contribution in [1.29, 1.82) is 0 Å². The van der Waals surface area contributed by atoms with Gasteiger partial charge in [0.05, 0.1) is 5.75 Å². The Kier molecular flexibility index (Phi) is 5.75. The third-order valence-electron chi connectivity index (χ3n) is 2.56. The topological polar surface area (TPSA) is 46.2 Å². The van der Waals surface area contributed by atoms with Crippen LogP contribution in [0.2, 0.25) is 0 Å². The predicted molar refractivity (Wildman–Crippen MR) is 71.9 cm³/mol. The van der Waals surface area contributed by atoms with Gasteiger partial charge in [-0.3, -0.25) is 0 Å². The van der Waals surface area contributed by atoms with E-state index in [1.54, 1.807) is 6.07 Å². The van der Waals surface area contributed by atoms with E-state index in [1.165, 1.54) is 18.4 Å². The average molecular weight is 273 g/mol. The van der Waals surface area contributed by atoms with Gasteiger partial charge in [0.25, 0.3) is 0 Å². The Bertz CT molecular complexity index is 474. The minimum Gasteiger partial charge on any atom is -0.313 e. The van der Waals surface area contributed by atoms with Crippen molar-refractivity contribution in [1.82, 2.24) is 5.32 Å². The molecule has 1 aromatic rings. The maximum absolute atomic E-state index is 13.1. The Morgan fingerprint density at radius 1 is 1.39 bits per heavy atom. The molecule has 18 heavy (non-hydrogen) atoms. The first-order valence-corrected chi connectivity index (χ1v) is 8.12. The molecule has 0 saturated carbocycles. The molecule has 0 aliphatic heterocycles. The second-order valence-electron chi connectivity index (χ2n) is 4.58. The van der Waals surface area contributed by atoms with E-state index in [2.05, 4.69) is 5.32 Å². The van der Waals surface area contributed by atoms with Crippen molar-refractivity contribution in [2.45, 2.75) is 25.8 Å². The summed E-state index contributed by atoms with van der Waals surface area (Å²) in [7, 11) is -3.04. The van der Waals surface area contributed by atoms with Crippen LogP contribution in [0.1, 0.15) is 18.9 Å². The lowest BCUT2D eigenvalue weighted by atomic mass is 10.1. The molecule has 1 rings (SSSR count). The van der Waals surface area contributed by atoms with Crippen molar-refractivity contribution >= 4 is 9.84 Å². The van der Waals surface area contributed by atoms with Gasteiger partial charge in [-0.25, -0.2) is 12.8 Å². The molecular weight excluding hydrogens is 253 g/mol. The van der Waals surface area contributed by atoms with Crippen LogP contribution < -0.4 is 5.32 Å². The lowest BCUT2D eigenvalue weighted by Gasteiger charge is -2.17. The van der Waals surface area contributed by atoms with E-state index in [1.807, 2.05) is 13.0 Å². The second-order valence-corrected chi connectivity index (χ2v) is 6.76. The summed E-state index contributed by atoms with van der Waals surface area (Å²) >= 11 is 0. The lowest BCUT2D eigenvalue weighted by molar-refractivity contribution is 0.528. The summed E-state index contributed by atoms with van der Waals surface area (Å²) in [5.74, 6) is -0.218. The highest BCUT2D eigenvalue weighted by molar-refractivity contribution is 7.90. The summed E-state index contributed by atoms with van der Waals surface area (Å²) in [5.41, 5.74) is 0.812. The predicted octanol–water partition coefficient (Wildman–Crippen LogP) is 1.78. The van der Waals surface area contributed by atoms with E-state index < -0.39 is 9.84 Å². The van der Waals surface area contributed by atoms with Gasteiger partial charge in [-0.1, -0.05) is 19.1 Å². The SMILES string of the molecule is CCCNC(Cc1cccc(F)c1)CS(C)(=O)=O. The monoisotopic (exact) mass is 273 g/mol. The molecule has 0 fully saturated rings. The molecule has 0 aromatic heterocycles. The Labute approximate surface area is 108 Å². The Balaban J connectivity index is 2.71. The van der Waals surface area contributed by atoms with E-state index in [9.17, 15) is 12.8 Å². The van der Waals surface area contributed by atoms with Crippen LogP contribution >= 0.6 is 0 Å². The average Bonchev–Trinajstić information content (AvgIpc) is 2.24. The van der Waals surface area contributed by atoms with Crippen molar-refractivity contribution in [2.75, 3.05) is 18.6 Å². The maximum atomic E-state index is 13.1. The van der Waals surface area contributed by atoms with Crippen LogP contribution in [0.4, 0.5) is 4.39 Å². The van der Waals surface area contributed by atoms with Gasteiger partial charge in [0.1, 0.15) is 15.7 Å². The van der Waals surface area contributed by atoms with Gasteiger partial charge in [-0.05, 0) is 37.1 Å². The number of hydrogen-bond acceptors (Lipinski definition) is 3. The maximum Gasteiger partial charge on any atom is 0.148 e. The Morgan fingerprint density at radius 2 is 2.11 bits per heavy atom. The fourth-order valence-electron chi connectivity index (χ4n) is 1.85. The zero-order valence-electron chi connectivity index (χ0n) is 10.8. The molecule has 0 heterocycles. The zero-order chi connectivity index (χ0) is 13.6. The van der Waals surface area contributed by atoms with Gasteiger partial charge in [-0.2, -0.15) is 0 Å². The lowest BCUT2D eigenvalue weighted by Crippen LogP contribution is -2.37. The van der Waals surface area contributed by atoms with Crippen molar-refractivity contribution < 1.29 is 12.8 Å². The molecule has 0 aliphatic rings. The smallest absolute Gasteiger partial charge is 0.148 e. The standard InChI is InChI=1S/C13H20FNO2S/c1-3-7-15-13(10-18(2,16)17)9-11-5-4-6-12(14)8-11/h4-6,8,13,15H,3,7,9-10H2,1-2H3. The molecule has 0 amide bonds. The van der Waals surface area contributed by atoms with Crippen LogP contribution in [0, 0.1) is 5.82 Å². The van der Waals surface area contributed by atoms with E-state index in [-0.39, 0.29) is 17.6 Å². The van der Waals surface area contributed by atoms with Crippen LogP contribution in [0.15, 0.2) is 24.3 Å². The third-order valence-corrected chi connectivity index (χ3v) is 3.57. The first-order chi connectivity index (χ1) is 8.40. The summed E-state index contributed by atoms with van der Waals surface area (Å²) in [6, 6.07) is 6.12. The largest absolute Gasteiger partial charge is 0.313 e. The summed E-state index contributed by atoms with van der Waals surface area (Å²) < 4.78 is 35.8. The van der Waals surface area contributed by atoms with E-state index in [0.29, 0.717) is 6.42 Å². The van der Waals surface area contributed by atoms with Gasteiger partial charge in [0.2, 0.25) is 0 Å². The third kappa shape index (κ3) is 6.12. The molecule has 1 N–H and O–H groups in total. The number of sulfone groups is 1. The summed E-state index contributed by atoms with van der Waals surface area (Å²) in [6.45, 7) is 2.78. The molecule has 3 nitrogen and oxygen atoms in total. The Morgan fingerprint density at radius 3 is 2.67 bits per heavy atom. The normalized spacial score (nSPS) is 13.5. The fraction of sp³-hybridized carbons (Fsp3) is 0.538. The van der Waals surface area contributed by atoms with Crippen LogP contribution in [0.25, 0.3) is 0 Å². The van der Waals surface area contributed by atoms with Gasteiger partial charge < -0.3 is 5.32 Å². The van der Waals surface area contributed by atoms with E-state index in [4.69, 9.17) is 0 Å². The van der Waals surface area contributed by atoms with Gasteiger partial charge in [0.15, 0.2) is 0 Å². The quantitative estimate of drug-likeness (QED) is 0.823. The number of nitrogens with one attached hydrogen (secondary N) is 1. The minimum atomic E-state index is -3.04. The minimum absolute atomic E-state index is 0.0729. The molecule has 1 atom stereocenters. The van der Waals surface area contributed by atoms with Crippen LogP contribution in [0.3, 0.4) is 0 Å². The molecular formula is C13H20FNO2S. The number of halogens is 1. The van der Waals surface area contributed by atoms with E-state index in [0.717, 1.165) is 18.5 Å². The summed E-state index contributed by atoms with van der Waals surface area (Å²) in [4.78, 5) is 0. The van der Waals surface area contributed by atoms with Gasteiger partial charge >= 0.3 is 0 Å². The highest BCUT2D eigenvalue weighted by atomic mass is 32.2. The molecule has 0 aliphatic carbocycles. The summed E-state index contributed by atoms with van der Waals surface area (Å²) in [5, 5.41) is 3.19. The van der Waals surface area contributed by atoms with Crippen LogP contribution in [0.5, 0.6) is 0 Å². The highest BCUT2D eigenvalue weighted by Gasteiger charge is 2.15. The van der Waals surface area contributed by atoms with Crippen LogP contribution in [-0.2, 0) is 16.3 Å². The molecule has 5 heteroatoms. The van der Waals surface area contributed by atoms with Crippen molar-refractivity contribution in [3.05, 3.63) is 35.6 Å². The molecule has 102 valence electrons. The van der Waals surface area contributed by atoms with Crippen LogP contribution in [-0.4, -0.2) is 33.0 Å². The second kappa shape index (κ2) is 6.85. The molecule has 1 aromatic carbocycles. The molecule has 0 radical (unpaired) electrons. The highest BCUT2D eigenvalue weighted by Crippen LogP contribution is 2.08. The molecule has 0 saturated heterocycles. The number of hydrogen-bond donors (Lipinski definition) is 1. The number of benzene rings is 1. The van der Waals surface area contributed by atoms with Crippen molar-refractivity contribution in [3.63, 3.8) is 0 Å². The number of rotatable bonds is 7. The van der Waals surface area contributed by atoms with Gasteiger partial charge in [0, 0.05) is 12.3 Å². The fourth-order valence-corrected chi connectivity index (χ4v) is 2.82. The molecule has 0 bridgehead atoms. The van der Waals surface area contributed by atoms with E-state index >= 15 is 0 Å². The molecule has 1 unspecified atom stereocenters.